The largest absolute Gasteiger partial charge is 0.389 e. The molecule has 3 unspecified atom stereocenters. The van der Waals surface area contributed by atoms with E-state index >= 15 is 0 Å². The molecule has 0 heterocycles. The van der Waals surface area contributed by atoms with Crippen LogP contribution in [0, 0.1) is 0 Å². The Kier molecular flexibility index (Phi) is 21.1. The van der Waals surface area contributed by atoms with Gasteiger partial charge in [-0.25, -0.2) is 0 Å². The van der Waals surface area contributed by atoms with Gasteiger partial charge in [-0.3, -0.25) is 0 Å². The summed E-state index contributed by atoms with van der Waals surface area (Å²) < 4.78 is 17.0. The first-order chi connectivity index (χ1) is 15.0. The minimum Gasteiger partial charge on any atom is -0.389 e. The first-order valence-corrected chi connectivity index (χ1v) is 13.0. The zero-order valence-corrected chi connectivity index (χ0v) is 21.2. The molecule has 5 nitrogen and oxygen atoms in total. The molecule has 31 heavy (non-hydrogen) atoms. The SMILES string of the molecule is CCCCCCCCCCCCCC=C[C@H](OC(C)OCC)[C@H](N)C(O)C(C)OCC. The second-order valence-electron chi connectivity index (χ2n) is 8.60. The molecular weight excluding hydrogens is 390 g/mol. The molecule has 186 valence electrons. The number of aliphatic hydroxyl groups excluding tert-OH is 1. The summed E-state index contributed by atoms with van der Waals surface area (Å²) in [4.78, 5) is 0. The Morgan fingerprint density at radius 3 is 1.81 bits per heavy atom. The van der Waals surface area contributed by atoms with Gasteiger partial charge in [-0.15, -0.1) is 0 Å². The van der Waals surface area contributed by atoms with Crippen LogP contribution in [0.1, 0.15) is 112 Å². The summed E-state index contributed by atoms with van der Waals surface area (Å²) in [6, 6.07) is -0.571. The van der Waals surface area contributed by atoms with E-state index in [1.165, 1.54) is 70.6 Å². The maximum absolute atomic E-state index is 10.5. The average molecular weight is 444 g/mol. The molecule has 0 aromatic heterocycles. The fraction of sp³-hybridized carbons (Fsp3) is 0.923. The quantitative estimate of drug-likeness (QED) is 0.120. The average Bonchev–Trinajstić information content (AvgIpc) is 2.75. The van der Waals surface area contributed by atoms with Crippen molar-refractivity contribution in [3.05, 3.63) is 12.2 Å². The molecular formula is C26H53NO4. The van der Waals surface area contributed by atoms with Crippen LogP contribution < -0.4 is 5.73 Å². The Bertz CT molecular complexity index is 405. The Balaban J connectivity index is 4.21. The molecule has 5 atom stereocenters. The Morgan fingerprint density at radius 1 is 0.774 bits per heavy atom. The highest BCUT2D eigenvalue weighted by molar-refractivity contribution is 4.99. The van der Waals surface area contributed by atoms with Gasteiger partial charge in [0, 0.05) is 13.2 Å². The molecule has 0 radical (unpaired) electrons. The number of unbranched alkanes of at least 4 members (excludes halogenated alkanes) is 11. The number of aliphatic hydroxyl groups is 1. The maximum atomic E-state index is 10.5. The molecule has 0 spiro atoms. The fourth-order valence-electron chi connectivity index (χ4n) is 3.79. The van der Waals surface area contributed by atoms with Crippen molar-refractivity contribution in [1.29, 1.82) is 0 Å². The van der Waals surface area contributed by atoms with Gasteiger partial charge in [-0.2, -0.15) is 0 Å². The van der Waals surface area contributed by atoms with Crippen LogP contribution >= 0.6 is 0 Å². The summed E-state index contributed by atoms with van der Waals surface area (Å²) in [5.41, 5.74) is 6.32. The molecule has 0 amide bonds. The van der Waals surface area contributed by atoms with Crippen molar-refractivity contribution in [2.24, 2.45) is 5.73 Å². The van der Waals surface area contributed by atoms with Crippen LogP contribution in [0.25, 0.3) is 0 Å². The highest BCUT2D eigenvalue weighted by Gasteiger charge is 2.29. The fourth-order valence-corrected chi connectivity index (χ4v) is 3.79. The Morgan fingerprint density at radius 2 is 1.29 bits per heavy atom. The molecule has 0 aliphatic heterocycles. The number of hydrogen-bond donors (Lipinski definition) is 2. The van der Waals surface area contributed by atoms with Crippen molar-refractivity contribution >= 4 is 0 Å². The monoisotopic (exact) mass is 443 g/mol. The molecule has 0 fully saturated rings. The standard InChI is InChI=1S/C26H53NO4/c1-6-9-10-11-12-13-14-15-16-17-18-19-20-21-24(31-23(5)30-8-3)25(27)26(28)22(4)29-7-2/h20-26,28H,6-19,27H2,1-5H3/t22?,23?,24-,25-,26?/m0/s1. The van der Waals surface area contributed by atoms with Crippen molar-refractivity contribution in [2.45, 2.75) is 142 Å². The molecule has 0 aliphatic carbocycles. The lowest BCUT2D eigenvalue weighted by Gasteiger charge is -2.31. The second-order valence-corrected chi connectivity index (χ2v) is 8.60. The number of allylic oxidation sites excluding steroid dienone is 1. The third kappa shape index (κ3) is 16.8. The van der Waals surface area contributed by atoms with Crippen LogP contribution in [-0.4, -0.2) is 49.0 Å². The van der Waals surface area contributed by atoms with Gasteiger partial charge >= 0.3 is 0 Å². The van der Waals surface area contributed by atoms with Gasteiger partial charge in [0.25, 0.3) is 0 Å². The van der Waals surface area contributed by atoms with Crippen molar-refractivity contribution in [1.82, 2.24) is 0 Å². The summed E-state index contributed by atoms with van der Waals surface area (Å²) >= 11 is 0. The van der Waals surface area contributed by atoms with Crippen molar-refractivity contribution in [2.75, 3.05) is 13.2 Å². The molecule has 0 aromatic rings. The third-order valence-corrected chi connectivity index (χ3v) is 5.73. The summed E-state index contributed by atoms with van der Waals surface area (Å²) in [5.74, 6) is 0. The minimum absolute atomic E-state index is 0.339. The van der Waals surface area contributed by atoms with Crippen LogP contribution in [0.3, 0.4) is 0 Å². The van der Waals surface area contributed by atoms with Crippen LogP contribution in [-0.2, 0) is 14.2 Å². The van der Waals surface area contributed by atoms with E-state index < -0.39 is 18.2 Å². The molecule has 5 heteroatoms. The van der Waals surface area contributed by atoms with Gasteiger partial charge in [0.15, 0.2) is 6.29 Å². The van der Waals surface area contributed by atoms with E-state index in [2.05, 4.69) is 13.0 Å². The van der Waals surface area contributed by atoms with Crippen molar-refractivity contribution in [3.63, 3.8) is 0 Å². The lowest BCUT2D eigenvalue weighted by molar-refractivity contribution is -0.161. The third-order valence-electron chi connectivity index (χ3n) is 5.73. The van der Waals surface area contributed by atoms with E-state index in [0.29, 0.717) is 13.2 Å². The topological polar surface area (TPSA) is 73.9 Å². The van der Waals surface area contributed by atoms with Gasteiger partial charge in [-0.1, -0.05) is 83.3 Å². The number of rotatable bonds is 22. The van der Waals surface area contributed by atoms with E-state index in [-0.39, 0.29) is 12.4 Å². The number of ether oxygens (including phenoxy) is 3. The van der Waals surface area contributed by atoms with Gasteiger partial charge < -0.3 is 25.1 Å². The van der Waals surface area contributed by atoms with Crippen LogP contribution in [0.2, 0.25) is 0 Å². The molecule has 0 saturated heterocycles. The first kappa shape index (κ1) is 30.5. The maximum Gasteiger partial charge on any atom is 0.155 e. The van der Waals surface area contributed by atoms with E-state index in [9.17, 15) is 5.11 Å². The number of hydrogen-bond acceptors (Lipinski definition) is 5. The molecule has 0 bridgehead atoms. The van der Waals surface area contributed by atoms with Crippen LogP contribution in [0.5, 0.6) is 0 Å². The molecule has 0 aliphatic rings. The highest BCUT2D eigenvalue weighted by Crippen LogP contribution is 2.15. The molecule has 0 saturated carbocycles. The smallest absolute Gasteiger partial charge is 0.155 e. The van der Waals surface area contributed by atoms with E-state index in [1.807, 2.05) is 33.8 Å². The zero-order valence-electron chi connectivity index (χ0n) is 21.2. The van der Waals surface area contributed by atoms with Gasteiger partial charge in [0.1, 0.15) is 0 Å². The normalized spacial score (nSPS) is 17.0. The van der Waals surface area contributed by atoms with E-state index in [4.69, 9.17) is 19.9 Å². The van der Waals surface area contributed by atoms with Gasteiger partial charge in [-0.05, 0) is 40.5 Å². The van der Waals surface area contributed by atoms with Crippen molar-refractivity contribution in [3.8, 4) is 0 Å². The minimum atomic E-state index is -0.801. The highest BCUT2D eigenvalue weighted by atomic mass is 16.7. The van der Waals surface area contributed by atoms with Gasteiger partial charge in [0.05, 0.1) is 24.4 Å². The van der Waals surface area contributed by atoms with E-state index in [0.717, 1.165) is 6.42 Å². The molecule has 0 aromatic carbocycles. The van der Waals surface area contributed by atoms with Gasteiger partial charge in [0.2, 0.25) is 0 Å². The predicted octanol–water partition coefficient (Wildman–Crippen LogP) is 6.12. The van der Waals surface area contributed by atoms with Crippen LogP contribution in [0.15, 0.2) is 12.2 Å². The Labute approximate surface area is 193 Å². The second kappa shape index (κ2) is 21.4. The van der Waals surface area contributed by atoms with E-state index in [1.54, 1.807) is 0 Å². The lowest BCUT2D eigenvalue weighted by atomic mass is 10.0. The summed E-state index contributed by atoms with van der Waals surface area (Å²) in [5, 5.41) is 10.5. The summed E-state index contributed by atoms with van der Waals surface area (Å²) in [7, 11) is 0. The van der Waals surface area contributed by atoms with Crippen molar-refractivity contribution < 1.29 is 19.3 Å². The first-order valence-electron chi connectivity index (χ1n) is 13.0. The predicted molar refractivity (Wildman–Crippen MR) is 131 cm³/mol. The zero-order chi connectivity index (χ0) is 23.3. The van der Waals surface area contributed by atoms with Crippen LogP contribution in [0.4, 0.5) is 0 Å². The summed E-state index contributed by atoms with van der Waals surface area (Å²) in [6.07, 6.45) is 18.0. The molecule has 0 rings (SSSR count). The molecule has 3 N–H and O–H groups in total. The number of nitrogens with two attached hydrogens (primary N) is 1. The lowest BCUT2D eigenvalue weighted by Crippen LogP contribution is -2.51. The Hall–Kier alpha value is -0.460. The summed E-state index contributed by atoms with van der Waals surface area (Å²) in [6.45, 7) is 10.9.